The van der Waals surface area contributed by atoms with E-state index in [1.807, 2.05) is 53.4 Å². The number of fused-ring (bicyclic) bond motifs is 1. The second-order valence-corrected chi connectivity index (χ2v) is 8.24. The monoisotopic (exact) mass is 422 g/mol. The molecule has 0 aliphatic carbocycles. The van der Waals surface area contributed by atoms with Crippen LogP contribution in [0.4, 0.5) is 5.69 Å². The van der Waals surface area contributed by atoms with E-state index >= 15 is 0 Å². The second-order valence-electron chi connectivity index (χ2n) is 7.26. The Morgan fingerprint density at radius 1 is 1.07 bits per heavy atom. The van der Waals surface area contributed by atoms with Crippen molar-refractivity contribution in [3.8, 4) is 5.75 Å². The average Bonchev–Trinajstić information content (AvgIpc) is 3.32. The van der Waals surface area contributed by atoms with Gasteiger partial charge in [0.05, 0.1) is 19.8 Å². The largest absolute Gasteiger partial charge is 0.497 e. The van der Waals surface area contributed by atoms with Crippen LogP contribution < -0.4 is 10.1 Å². The number of ether oxygens (including phenoxy) is 2. The standard InChI is InChI=1S/C24H26N2O3S/c1-28-13-12-26-23(22-11-6-14-30-22)21(19-9-3-4-10-20(19)24(26)27)16-25-17-7-5-8-18(15-17)29-2/h3-11,14-15,21,23,25H,12-13,16H2,1-2H3. The first-order valence-electron chi connectivity index (χ1n) is 10.0. The normalized spacial score (nSPS) is 18.2. The van der Waals surface area contributed by atoms with Crippen molar-refractivity contribution in [2.45, 2.75) is 12.0 Å². The van der Waals surface area contributed by atoms with Gasteiger partial charge < -0.3 is 19.7 Å². The maximum absolute atomic E-state index is 13.4. The Kier molecular flexibility index (Phi) is 6.35. The van der Waals surface area contributed by atoms with Crippen LogP contribution >= 0.6 is 11.3 Å². The van der Waals surface area contributed by atoms with E-state index in [9.17, 15) is 4.79 Å². The van der Waals surface area contributed by atoms with Crippen molar-refractivity contribution in [3.63, 3.8) is 0 Å². The summed E-state index contributed by atoms with van der Waals surface area (Å²) in [5.41, 5.74) is 2.86. The first-order valence-corrected chi connectivity index (χ1v) is 10.9. The first-order chi connectivity index (χ1) is 14.7. The summed E-state index contributed by atoms with van der Waals surface area (Å²) in [6.07, 6.45) is 0. The third kappa shape index (κ3) is 4.06. The van der Waals surface area contributed by atoms with Crippen molar-refractivity contribution in [1.82, 2.24) is 4.90 Å². The van der Waals surface area contributed by atoms with Crippen LogP contribution in [0.15, 0.2) is 66.0 Å². The van der Waals surface area contributed by atoms with E-state index < -0.39 is 0 Å². The zero-order valence-electron chi connectivity index (χ0n) is 17.2. The van der Waals surface area contributed by atoms with Crippen molar-refractivity contribution in [2.24, 2.45) is 0 Å². The zero-order valence-corrected chi connectivity index (χ0v) is 18.0. The number of nitrogens with one attached hydrogen (secondary N) is 1. The molecule has 3 aromatic rings. The van der Waals surface area contributed by atoms with Gasteiger partial charge in [-0.15, -0.1) is 11.3 Å². The molecule has 1 aromatic heterocycles. The minimum absolute atomic E-state index is 0.0411. The predicted molar refractivity (Wildman–Crippen MR) is 121 cm³/mol. The van der Waals surface area contributed by atoms with E-state index in [0.717, 1.165) is 22.6 Å². The zero-order chi connectivity index (χ0) is 20.9. The number of benzene rings is 2. The van der Waals surface area contributed by atoms with Gasteiger partial charge in [-0.3, -0.25) is 4.79 Å². The molecule has 0 saturated carbocycles. The number of thiophene rings is 1. The number of carbonyl (C=O) groups is 1. The number of nitrogens with zero attached hydrogens (tertiary/aromatic N) is 1. The quantitative estimate of drug-likeness (QED) is 0.567. The van der Waals surface area contributed by atoms with E-state index in [1.165, 1.54) is 4.88 Å². The number of carbonyl (C=O) groups excluding carboxylic acids is 1. The highest BCUT2D eigenvalue weighted by atomic mass is 32.1. The van der Waals surface area contributed by atoms with Gasteiger partial charge in [0.15, 0.2) is 0 Å². The summed E-state index contributed by atoms with van der Waals surface area (Å²) in [5, 5.41) is 5.64. The molecule has 0 bridgehead atoms. The second kappa shape index (κ2) is 9.32. The van der Waals surface area contributed by atoms with Crippen molar-refractivity contribution in [1.29, 1.82) is 0 Å². The van der Waals surface area contributed by atoms with E-state index in [1.54, 1.807) is 25.6 Å². The third-order valence-corrected chi connectivity index (χ3v) is 6.48. The highest BCUT2D eigenvalue weighted by Crippen LogP contribution is 2.44. The van der Waals surface area contributed by atoms with Gasteiger partial charge in [-0.25, -0.2) is 0 Å². The Bertz CT molecular complexity index is 990. The molecule has 0 radical (unpaired) electrons. The highest BCUT2D eigenvalue weighted by molar-refractivity contribution is 7.10. The molecule has 1 amide bonds. The van der Waals surface area contributed by atoms with E-state index in [0.29, 0.717) is 19.7 Å². The predicted octanol–water partition coefficient (Wildman–Crippen LogP) is 4.80. The summed E-state index contributed by atoms with van der Waals surface area (Å²) >= 11 is 1.69. The molecule has 156 valence electrons. The van der Waals surface area contributed by atoms with Crippen molar-refractivity contribution in [2.75, 3.05) is 39.2 Å². The molecule has 30 heavy (non-hydrogen) atoms. The van der Waals surface area contributed by atoms with Gasteiger partial charge in [-0.1, -0.05) is 30.3 Å². The van der Waals surface area contributed by atoms with Crippen molar-refractivity contribution >= 4 is 22.9 Å². The van der Waals surface area contributed by atoms with Crippen LogP contribution in [0.25, 0.3) is 0 Å². The lowest BCUT2D eigenvalue weighted by Gasteiger charge is -2.42. The van der Waals surface area contributed by atoms with E-state index in [2.05, 4.69) is 22.8 Å². The number of anilines is 1. The minimum atomic E-state index is -0.0411. The van der Waals surface area contributed by atoms with Crippen molar-refractivity contribution in [3.05, 3.63) is 82.0 Å². The number of hydrogen-bond acceptors (Lipinski definition) is 5. The molecule has 6 heteroatoms. The van der Waals surface area contributed by atoms with Crippen LogP contribution in [0.1, 0.15) is 32.8 Å². The summed E-state index contributed by atoms with van der Waals surface area (Å²) in [5.74, 6) is 0.995. The summed E-state index contributed by atoms with van der Waals surface area (Å²) in [7, 11) is 3.34. The Balaban J connectivity index is 1.71. The molecule has 1 aliphatic heterocycles. The molecule has 1 aliphatic rings. The fourth-order valence-corrected chi connectivity index (χ4v) is 5.01. The Labute approximate surface area is 181 Å². The van der Waals surface area contributed by atoms with Gasteiger partial charge in [-0.2, -0.15) is 0 Å². The topological polar surface area (TPSA) is 50.8 Å². The molecule has 0 saturated heterocycles. The number of amides is 1. The molecule has 0 spiro atoms. The molecular formula is C24H26N2O3S. The number of rotatable bonds is 8. The summed E-state index contributed by atoms with van der Waals surface area (Å²) in [6.45, 7) is 1.76. The lowest BCUT2D eigenvalue weighted by molar-refractivity contribution is 0.0534. The lowest BCUT2D eigenvalue weighted by atomic mass is 9.82. The molecule has 0 fully saturated rings. The smallest absolute Gasteiger partial charge is 0.254 e. The third-order valence-electron chi connectivity index (χ3n) is 5.54. The molecular weight excluding hydrogens is 396 g/mol. The van der Waals surface area contributed by atoms with E-state index in [-0.39, 0.29) is 17.9 Å². The van der Waals surface area contributed by atoms with Gasteiger partial charge in [0, 0.05) is 48.3 Å². The fraction of sp³-hybridized carbons (Fsp3) is 0.292. The highest BCUT2D eigenvalue weighted by Gasteiger charge is 2.40. The van der Waals surface area contributed by atoms with Crippen LogP contribution in [0.5, 0.6) is 5.75 Å². The summed E-state index contributed by atoms with van der Waals surface area (Å²) in [4.78, 5) is 16.5. The molecule has 2 unspecified atom stereocenters. The van der Waals surface area contributed by atoms with Crippen LogP contribution in [-0.4, -0.2) is 44.7 Å². The number of methoxy groups -OCH3 is 2. The van der Waals surface area contributed by atoms with E-state index in [4.69, 9.17) is 9.47 Å². The lowest BCUT2D eigenvalue weighted by Crippen LogP contribution is -2.45. The molecule has 4 rings (SSSR count). The van der Waals surface area contributed by atoms with Gasteiger partial charge >= 0.3 is 0 Å². The first kappa shape index (κ1) is 20.4. The molecule has 2 aromatic carbocycles. The molecule has 2 atom stereocenters. The van der Waals surface area contributed by atoms with Crippen LogP contribution in [-0.2, 0) is 4.74 Å². The summed E-state index contributed by atoms with van der Waals surface area (Å²) < 4.78 is 10.7. The van der Waals surface area contributed by atoms with Crippen LogP contribution in [0, 0.1) is 0 Å². The fourth-order valence-electron chi connectivity index (χ4n) is 4.11. The van der Waals surface area contributed by atoms with Crippen LogP contribution in [0.2, 0.25) is 0 Å². The maximum Gasteiger partial charge on any atom is 0.254 e. The Hall–Kier alpha value is -2.83. The molecule has 2 heterocycles. The molecule has 1 N–H and O–H groups in total. The van der Waals surface area contributed by atoms with Gasteiger partial charge in [-0.05, 0) is 35.2 Å². The average molecular weight is 423 g/mol. The van der Waals surface area contributed by atoms with Gasteiger partial charge in [0.1, 0.15) is 5.75 Å². The van der Waals surface area contributed by atoms with Crippen molar-refractivity contribution < 1.29 is 14.3 Å². The maximum atomic E-state index is 13.4. The van der Waals surface area contributed by atoms with Gasteiger partial charge in [0.2, 0.25) is 0 Å². The SMILES string of the molecule is COCCN1C(=O)c2ccccc2C(CNc2cccc(OC)c2)C1c1cccs1. The Morgan fingerprint density at radius 2 is 1.93 bits per heavy atom. The Morgan fingerprint density at radius 3 is 2.70 bits per heavy atom. The van der Waals surface area contributed by atoms with Gasteiger partial charge in [0.25, 0.3) is 5.91 Å². The minimum Gasteiger partial charge on any atom is -0.497 e. The molecule has 5 nitrogen and oxygen atoms in total. The summed E-state index contributed by atoms with van der Waals surface area (Å²) in [6, 6.07) is 20.0. The number of hydrogen-bond donors (Lipinski definition) is 1. The van der Waals surface area contributed by atoms with Crippen LogP contribution in [0.3, 0.4) is 0 Å².